The Labute approximate surface area is 108 Å². The first-order valence-electron chi connectivity index (χ1n) is 7.00. The average molecular weight is 266 g/mol. The topological polar surface area (TPSA) is 57.5 Å². The van der Waals surface area contributed by atoms with Gasteiger partial charge in [-0.2, -0.15) is 0 Å². The molecule has 0 saturated carbocycles. The summed E-state index contributed by atoms with van der Waals surface area (Å²) in [5.74, 6) is 1.04. The van der Waals surface area contributed by atoms with E-state index in [0.717, 1.165) is 5.92 Å². The minimum atomic E-state index is -3.13. The van der Waals surface area contributed by atoms with Gasteiger partial charge >= 0.3 is 8.25 Å². The highest BCUT2D eigenvalue weighted by atomic mass is 31.1. The van der Waals surface area contributed by atoms with Crippen LogP contribution in [0.1, 0.15) is 78.6 Å². The Morgan fingerprint density at radius 1 is 0.824 bits per heavy atom. The predicted molar refractivity (Wildman–Crippen MR) is 75.5 cm³/mol. The maximum atomic E-state index is 8.74. The quantitative estimate of drug-likeness (QED) is 0.603. The van der Waals surface area contributed by atoms with Crippen LogP contribution in [0.15, 0.2) is 0 Å². The van der Waals surface area contributed by atoms with Crippen molar-refractivity contribution in [3.8, 4) is 0 Å². The zero-order valence-electron chi connectivity index (χ0n) is 11.7. The van der Waals surface area contributed by atoms with E-state index in [2.05, 4.69) is 20.8 Å². The minimum absolute atomic E-state index is 1.04. The third-order valence-electron chi connectivity index (χ3n) is 2.90. The summed E-state index contributed by atoms with van der Waals surface area (Å²) in [6.45, 7) is 6.91. The summed E-state index contributed by atoms with van der Waals surface area (Å²) in [4.78, 5) is 14.3. The van der Waals surface area contributed by atoms with Crippen LogP contribution in [-0.4, -0.2) is 9.79 Å². The number of rotatable bonds is 9. The minimum Gasteiger partial charge on any atom is -0.326 e. The molecule has 0 amide bonds. The van der Waals surface area contributed by atoms with E-state index in [4.69, 9.17) is 14.4 Å². The Morgan fingerprint density at radius 3 is 1.24 bits per heavy atom. The number of unbranched alkanes of at least 4 members (excludes halogenated alkanes) is 3. The molecule has 0 aliphatic heterocycles. The van der Waals surface area contributed by atoms with E-state index in [1.54, 1.807) is 0 Å². The zero-order valence-corrected chi connectivity index (χ0v) is 12.7. The average Bonchev–Trinajstić information content (AvgIpc) is 2.27. The van der Waals surface area contributed by atoms with Gasteiger partial charge in [-0.3, -0.25) is 4.57 Å². The smallest absolute Gasteiger partial charge is 0.314 e. The van der Waals surface area contributed by atoms with Crippen LogP contribution in [0, 0.1) is 5.92 Å². The van der Waals surface area contributed by atoms with Crippen molar-refractivity contribution in [2.75, 3.05) is 0 Å². The van der Waals surface area contributed by atoms with Crippen molar-refractivity contribution in [1.29, 1.82) is 0 Å². The number of hydrogen-bond acceptors (Lipinski definition) is 1. The van der Waals surface area contributed by atoms with Crippen molar-refractivity contribution >= 4 is 8.25 Å². The molecule has 0 spiro atoms. The molecule has 0 radical (unpaired) electrons. The Hall–Kier alpha value is 0.150. The summed E-state index contributed by atoms with van der Waals surface area (Å²) in [5, 5.41) is 0. The lowest BCUT2D eigenvalue weighted by molar-refractivity contribution is 0.382. The van der Waals surface area contributed by atoms with Crippen LogP contribution in [0.4, 0.5) is 0 Å². The lowest BCUT2D eigenvalue weighted by Gasteiger charge is -2.15. The molecular formula is C13H31O3P. The van der Waals surface area contributed by atoms with Crippen LogP contribution in [0.25, 0.3) is 0 Å². The van der Waals surface area contributed by atoms with Gasteiger partial charge in [0.1, 0.15) is 0 Å². The van der Waals surface area contributed by atoms with Gasteiger partial charge in [0.15, 0.2) is 0 Å². The molecule has 0 fully saturated rings. The SMILES string of the molecule is CCCCC(CCCC)CCCC.O=[PH](O)O. The van der Waals surface area contributed by atoms with Gasteiger partial charge in [0.25, 0.3) is 0 Å². The highest BCUT2D eigenvalue weighted by molar-refractivity contribution is 7.30. The third-order valence-corrected chi connectivity index (χ3v) is 2.90. The lowest BCUT2D eigenvalue weighted by Crippen LogP contribution is -2.00. The van der Waals surface area contributed by atoms with Gasteiger partial charge < -0.3 is 9.79 Å². The van der Waals surface area contributed by atoms with E-state index in [0.29, 0.717) is 0 Å². The molecule has 17 heavy (non-hydrogen) atoms. The van der Waals surface area contributed by atoms with Gasteiger partial charge in [-0.05, 0) is 5.92 Å². The normalized spacial score (nSPS) is 10.5. The monoisotopic (exact) mass is 266 g/mol. The molecule has 106 valence electrons. The first-order valence-corrected chi connectivity index (χ1v) is 8.30. The summed E-state index contributed by atoms with van der Waals surface area (Å²) in [6.07, 6.45) is 12.9. The second-order valence-corrected chi connectivity index (χ2v) is 5.14. The van der Waals surface area contributed by atoms with Crippen LogP contribution >= 0.6 is 8.25 Å². The largest absolute Gasteiger partial charge is 0.326 e. The highest BCUT2D eigenvalue weighted by Gasteiger charge is 2.06. The van der Waals surface area contributed by atoms with Crippen molar-refractivity contribution in [3.63, 3.8) is 0 Å². The van der Waals surface area contributed by atoms with Crippen LogP contribution < -0.4 is 0 Å². The molecule has 0 saturated heterocycles. The van der Waals surface area contributed by atoms with Crippen molar-refractivity contribution in [1.82, 2.24) is 0 Å². The summed E-state index contributed by atoms with van der Waals surface area (Å²) in [7, 11) is -3.13. The molecule has 4 heteroatoms. The molecule has 0 aromatic carbocycles. The van der Waals surface area contributed by atoms with Crippen molar-refractivity contribution in [2.24, 2.45) is 5.92 Å². The first kappa shape index (κ1) is 19.5. The summed E-state index contributed by atoms with van der Waals surface area (Å²) in [6, 6.07) is 0. The maximum Gasteiger partial charge on any atom is 0.314 e. The molecule has 0 heterocycles. The summed E-state index contributed by atoms with van der Waals surface area (Å²) >= 11 is 0. The third kappa shape index (κ3) is 21.9. The Kier molecular flexibility index (Phi) is 18.5. The maximum absolute atomic E-state index is 8.74. The van der Waals surface area contributed by atoms with Gasteiger partial charge in [0, 0.05) is 0 Å². The molecule has 0 aliphatic rings. The number of hydrogen-bond donors (Lipinski definition) is 2. The Bertz CT molecular complexity index is 140. The van der Waals surface area contributed by atoms with E-state index in [1.165, 1.54) is 57.8 Å². The van der Waals surface area contributed by atoms with Gasteiger partial charge in [-0.25, -0.2) is 0 Å². The van der Waals surface area contributed by atoms with Crippen LogP contribution in [0.5, 0.6) is 0 Å². The van der Waals surface area contributed by atoms with Gasteiger partial charge in [-0.1, -0.05) is 78.6 Å². The van der Waals surface area contributed by atoms with Gasteiger partial charge in [0.2, 0.25) is 0 Å². The molecule has 3 nitrogen and oxygen atoms in total. The summed E-state index contributed by atoms with van der Waals surface area (Å²) < 4.78 is 8.74. The molecule has 0 aromatic rings. The van der Waals surface area contributed by atoms with Crippen LogP contribution in [0.2, 0.25) is 0 Å². The second-order valence-electron chi connectivity index (χ2n) is 4.58. The fourth-order valence-electron chi connectivity index (χ4n) is 1.91. The molecule has 0 aliphatic carbocycles. The van der Waals surface area contributed by atoms with Crippen LogP contribution in [0.3, 0.4) is 0 Å². The van der Waals surface area contributed by atoms with Gasteiger partial charge in [-0.15, -0.1) is 0 Å². The van der Waals surface area contributed by atoms with E-state index in [9.17, 15) is 0 Å². The fraction of sp³-hybridized carbons (Fsp3) is 1.00. The molecule has 0 rings (SSSR count). The Morgan fingerprint density at radius 2 is 1.06 bits per heavy atom. The summed E-state index contributed by atoms with van der Waals surface area (Å²) in [5.41, 5.74) is 0. The standard InChI is InChI=1S/C13H28.H3O3P/c1-4-7-10-13(11-8-5-2)12-9-6-3;1-4(2)3/h13H,4-12H2,1-3H3;4H,(H2,1,2,3). The Balaban J connectivity index is 0. The van der Waals surface area contributed by atoms with Gasteiger partial charge in [0.05, 0.1) is 0 Å². The lowest BCUT2D eigenvalue weighted by atomic mass is 9.91. The molecule has 0 atom stereocenters. The van der Waals surface area contributed by atoms with E-state index in [1.807, 2.05) is 0 Å². The van der Waals surface area contributed by atoms with Crippen molar-refractivity contribution < 1.29 is 14.4 Å². The molecular weight excluding hydrogens is 235 g/mol. The second kappa shape index (κ2) is 16.1. The molecule has 0 unspecified atom stereocenters. The molecule has 0 bridgehead atoms. The first-order chi connectivity index (χ1) is 8.08. The van der Waals surface area contributed by atoms with E-state index >= 15 is 0 Å². The van der Waals surface area contributed by atoms with E-state index in [-0.39, 0.29) is 0 Å². The molecule has 0 aromatic heterocycles. The molecule has 2 N–H and O–H groups in total. The van der Waals surface area contributed by atoms with Crippen LogP contribution in [-0.2, 0) is 4.57 Å². The highest BCUT2D eigenvalue weighted by Crippen LogP contribution is 2.21. The van der Waals surface area contributed by atoms with E-state index < -0.39 is 8.25 Å². The van der Waals surface area contributed by atoms with Crippen molar-refractivity contribution in [2.45, 2.75) is 78.6 Å². The predicted octanol–water partition coefficient (Wildman–Crippen LogP) is 4.53. The zero-order chi connectivity index (χ0) is 13.5. The fourth-order valence-corrected chi connectivity index (χ4v) is 1.91. The van der Waals surface area contributed by atoms with Crippen molar-refractivity contribution in [3.05, 3.63) is 0 Å².